The standard InChI is InChI=1S/C14H12N6O/c15-11-3-1-2-10(19-11)12-13(21)8(4-6-17-12)9-5-7-18-14(16)20-9/h1-7,21H,(H2,15,19)(H2,16,18,20). The Morgan fingerprint density at radius 2 is 1.67 bits per heavy atom. The molecule has 0 aliphatic carbocycles. The molecule has 0 spiro atoms. The van der Waals surface area contributed by atoms with Gasteiger partial charge >= 0.3 is 0 Å². The highest BCUT2D eigenvalue weighted by Crippen LogP contribution is 2.34. The monoisotopic (exact) mass is 280 g/mol. The molecule has 104 valence electrons. The zero-order valence-electron chi connectivity index (χ0n) is 10.9. The number of rotatable bonds is 2. The van der Waals surface area contributed by atoms with E-state index in [1.807, 2.05) is 0 Å². The molecule has 0 aliphatic rings. The van der Waals surface area contributed by atoms with Gasteiger partial charge in [0.15, 0.2) is 5.75 Å². The SMILES string of the molecule is Nc1cccc(-c2nccc(-c3ccnc(N)n3)c2O)n1. The molecule has 7 nitrogen and oxygen atoms in total. The van der Waals surface area contributed by atoms with E-state index in [0.29, 0.717) is 28.5 Å². The summed E-state index contributed by atoms with van der Waals surface area (Å²) >= 11 is 0. The second-order valence-corrected chi connectivity index (χ2v) is 4.30. The van der Waals surface area contributed by atoms with Gasteiger partial charge in [0, 0.05) is 18.0 Å². The molecular formula is C14H12N6O. The topological polar surface area (TPSA) is 124 Å². The first-order valence-electron chi connectivity index (χ1n) is 6.15. The summed E-state index contributed by atoms with van der Waals surface area (Å²) in [4.78, 5) is 16.2. The van der Waals surface area contributed by atoms with Gasteiger partial charge in [-0.3, -0.25) is 4.98 Å². The Bertz CT molecular complexity index is 741. The van der Waals surface area contributed by atoms with Crippen LogP contribution in [0.15, 0.2) is 42.7 Å². The van der Waals surface area contributed by atoms with Crippen molar-refractivity contribution in [2.75, 3.05) is 11.5 Å². The minimum atomic E-state index is -0.0336. The fourth-order valence-electron chi connectivity index (χ4n) is 1.96. The number of nitrogens with two attached hydrogens (primary N) is 2. The molecule has 0 unspecified atom stereocenters. The maximum absolute atomic E-state index is 10.4. The summed E-state index contributed by atoms with van der Waals surface area (Å²) in [5, 5.41) is 10.4. The predicted octanol–water partition coefficient (Wildman–Crippen LogP) is 1.47. The third-order valence-electron chi connectivity index (χ3n) is 2.89. The van der Waals surface area contributed by atoms with Crippen molar-refractivity contribution in [3.05, 3.63) is 42.7 Å². The zero-order chi connectivity index (χ0) is 14.8. The van der Waals surface area contributed by atoms with E-state index in [4.69, 9.17) is 11.5 Å². The van der Waals surface area contributed by atoms with E-state index in [1.165, 1.54) is 6.20 Å². The van der Waals surface area contributed by atoms with Crippen molar-refractivity contribution in [1.29, 1.82) is 0 Å². The highest BCUT2D eigenvalue weighted by molar-refractivity contribution is 5.76. The Morgan fingerprint density at radius 3 is 2.43 bits per heavy atom. The molecule has 0 bridgehead atoms. The molecule has 5 N–H and O–H groups in total. The lowest BCUT2D eigenvalue weighted by molar-refractivity contribution is 0.476. The Morgan fingerprint density at radius 1 is 0.857 bits per heavy atom. The van der Waals surface area contributed by atoms with Crippen molar-refractivity contribution >= 4 is 11.8 Å². The molecule has 3 heterocycles. The molecule has 0 aromatic carbocycles. The van der Waals surface area contributed by atoms with Gasteiger partial charge in [0.2, 0.25) is 5.95 Å². The quantitative estimate of drug-likeness (QED) is 0.649. The first-order valence-corrected chi connectivity index (χ1v) is 6.15. The third-order valence-corrected chi connectivity index (χ3v) is 2.89. The highest BCUT2D eigenvalue weighted by Gasteiger charge is 2.14. The van der Waals surface area contributed by atoms with Gasteiger partial charge in [0.25, 0.3) is 0 Å². The van der Waals surface area contributed by atoms with Crippen LogP contribution in [0.4, 0.5) is 11.8 Å². The first-order chi connectivity index (χ1) is 10.1. The van der Waals surface area contributed by atoms with Gasteiger partial charge in [-0.2, -0.15) is 0 Å². The predicted molar refractivity (Wildman–Crippen MR) is 79.0 cm³/mol. The van der Waals surface area contributed by atoms with Crippen molar-refractivity contribution in [1.82, 2.24) is 19.9 Å². The van der Waals surface area contributed by atoms with Gasteiger partial charge in [-0.05, 0) is 24.3 Å². The molecule has 3 aromatic heterocycles. The minimum absolute atomic E-state index is 0.0336. The first kappa shape index (κ1) is 12.8. The molecule has 0 amide bonds. The van der Waals surface area contributed by atoms with Crippen molar-refractivity contribution < 1.29 is 5.11 Å². The number of pyridine rings is 2. The molecule has 21 heavy (non-hydrogen) atoms. The van der Waals surface area contributed by atoms with Crippen molar-refractivity contribution in [3.8, 4) is 28.4 Å². The molecule has 0 radical (unpaired) electrons. The van der Waals surface area contributed by atoms with Crippen LogP contribution in [-0.4, -0.2) is 25.0 Å². The highest BCUT2D eigenvalue weighted by atomic mass is 16.3. The van der Waals surface area contributed by atoms with E-state index in [-0.39, 0.29) is 11.7 Å². The summed E-state index contributed by atoms with van der Waals surface area (Å²) in [6.07, 6.45) is 3.09. The maximum atomic E-state index is 10.4. The summed E-state index contributed by atoms with van der Waals surface area (Å²) < 4.78 is 0. The number of anilines is 2. The van der Waals surface area contributed by atoms with Gasteiger partial charge in [0.05, 0.1) is 11.4 Å². The average Bonchev–Trinajstić information content (AvgIpc) is 2.47. The van der Waals surface area contributed by atoms with Crippen LogP contribution in [0, 0.1) is 0 Å². The lowest BCUT2D eigenvalue weighted by Crippen LogP contribution is -1.97. The molecule has 0 saturated carbocycles. The summed E-state index contributed by atoms with van der Waals surface area (Å²) in [6.45, 7) is 0. The summed E-state index contributed by atoms with van der Waals surface area (Å²) in [5.41, 5.74) is 13.0. The van der Waals surface area contributed by atoms with Crippen molar-refractivity contribution in [2.24, 2.45) is 0 Å². The number of nitrogens with zero attached hydrogens (tertiary/aromatic N) is 4. The van der Waals surface area contributed by atoms with Gasteiger partial charge in [-0.25, -0.2) is 15.0 Å². The molecule has 0 fully saturated rings. The molecular weight excluding hydrogens is 268 g/mol. The van der Waals surface area contributed by atoms with E-state index in [0.717, 1.165) is 0 Å². The van der Waals surface area contributed by atoms with Crippen molar-refractivity contribution in [2.45, 2.75) is 0 Å². The number of aromatic hydroxyl groups is 1. The Labute approximate surface area is 120 Å². The number of aromatic nitrogens is 4. The van der Waals surface area contributed by atoms with E-state index < -0.39 is 0 Å². The largest absolute Gasteiger partial charge is 0.505 e. The Kier molecular flexibility index (Phi) is 3.07. The second-order valence-electron chi connectivity index (χ2n) is 4.30. The van der Waals surface area contributed by atoms with E-state index >= 15 is 0 Å². The van der Waals surface area contributed by atoms with Crippen LogP contribution in [0.2, 0.25) is 0 Å². The van der Waals surface area contributed by atoms with Crippen LogP contribution >= 0.6 is 0 Å². The number of hydrogen-bond acceptors (Lipinski definition) is 7. The summed E-state index contributed by atoms with van der Waals surface area (Å²) in [5.74, 6) is 0.450. The normalized spacial score (nSPS) is 10.5. The minimum Gasteiger partial charge on any atom is -0.505 e. The lowest BCUT2D eigenvalue weighted by atomic mass is 10.1. The van der Waals surface area contributed by atoms with E-state index in [2.05, 4.69) is 19.9 Å². The Balaban J connectivity index is 2.16. The van der Waals surface area contributed by atoms with Gasteiger partial charge in [-0.1, -0.05) is 6.07 Å². The van der Waals surface area contributed by atoms with Gasteiger partial charge < -0.3 is 16.6 Å². The second kappa shape index (κ2) is 5.04. The molecule has 3 aromatic rings. The summed E-state index contributed by atoms with van der Waals surface area (Å²) in [6, 6.07) is 8.43. The van der Waals surface area contributed by atoms with Crippen LogP contribution in [0.5, 0.6) is 5.75 Å². The van der Waals surface area contributed by atoms with Gasteiger partial charge in [-0.15, -0.1) is 0 Å². The van der Waals surface area contributed by atoms with Crippen LogP contribution in [0.25, 0.3) is 22.6 Å². The summed E-state index contributed by atoms with van der Waals surface area (Å²) in [7, 11) is 0. The fourth-order valence-corrected chi connectivity index (χ4v) is 1.96. The fraction of sp³-hybridized carbons (Fsp3) is 0. The van der Waals surface area contributed by atoms with E-state index in [9.17, 15) is 5.11 Å². The molecule has 7 heteroatoms. The van der Waals surface area contributed by atoms with Crippen LogP contribution in [0.3, 0.4) is 0 Å². The number of hydrogen-bond donors (Lipinski definition) is 3. The molecule has 3 rings (SSSR count). The third kappa shape index (κ3) is 2.44. The van der Waals surface area contributed by atoms with Crippen molar-refractivity contribution in [3.63, 3.8) is 0 Å². The Hall–Kier alpha value is -3.22. The zero-order valence-corrected chi connectivity index (χ0v) is 10.9. The smallest absolute Gasteiger partial charge is 0.220 e. The van der Waals surface area contributed by atoms with Crippen LogP contribution in [0.1, 0.15) is 0 Å². The van der Waals surface area contributed by atoms with Gasteiger partial charge in [0.1, 0.15) is 11.5 Å². The maximum Gasteiger partial charge on any atom is 0.220 e. The molecule has 0 saturated heterocycles. The average molecular weight is 280 g/mol. The van der Waals surface area contributed by atoms with E-state index in [1.54, 1.807) is 36.5 Å². The molecule has 0 atom stereocenters. The lowest BCUT2D eigenvalue weighted by Gasteiger charge is -2.08. The van der Waals surface area contributed by atoms with Crippen LogP contribution in [-0.2, 0) is 0 Å². The molecule has 0 aliphatic heterocycles. The van der Waals surface area contributed by atoms with Crippen LogP contribution < -0.4 is 11.5 Å². The number of nitrogen functional groups attached to an aromatic ring is 2.